The average molecular weight is 212 g/mol. The van der Waals surface area contributed by atoms with Gasteiger partial charge in [0.2, 0.25) is 0 Å². The van der Waals surface area contributed by atoms with Gasteiger partial charge in [-0.1, -0.05) is 17.7 Å². The minimum atomic E-state index is -0.762. The molecule has 14 heavy (non-hydrogen) atoms. The summed E-state index contributed by atoms with van der Waals surface area (Å²) in [5.41, 5.74) is 6.57. The number of rotatable bonds is 2. The van der Waals surface area contributed by atoms with E-state index in [1.54, 1.807) is 25.1 Å². The van der Waals surface area contributed by atoms with Crippen molar-refractivity contribution in [1.82, 2.24) is 0 Å². The number of benzene rings is 1. The van der Waals surface area contributed by atoms with Crippen LogP contribution in [0.5, 0.6) is 5.75 Å². The third-order valence-electron chi connectivity index (χ3n) is 2.28. The lowest BCUT2D eigenvalue weighted by Gasteiger charge is -2.22. The van der Waals surface area contributed by atoms with Gasteiger partial charge in [0.25, 0.3) is 0 Å². The SMILES string of the molecule is C=C[C@](C)(N)c1cc(Cl)c(C)cc1O. The summed E-state index contributed by atoms with van der Waals surface area (Å²) in [5, 5.41) is 10.3. The molecular weight excluding hydrogens is 198 g/mol. The molecule has 1 aromatic rings. The Hall–Kier alpha value is -0.990. The Morgan fingerprint density at radius 1 is 1.57 bits per heavy atom. The highest BCUT2D eigenvalue weighted by Crippen LogP contribution is 2.32. The van der Waals surface area contributed by atoms with E-state index in [4.69, 9.17) is 17.3 Å². The van der Waals surface area contributed by atoms with E-state index in [0.29, 0.717) is 10.6 Å². The Labute approximate surface area is 89.0 Å². The van der Waals surface area contributed by atoms with Crippen molar-refractivity contribution in [3.05, 3.63) is 40.9 Å². The molecule has 76 valence electrons. The van der Waals surface area contributed by atoms with Gasteiger partial charge in [0, 0.05) is 10.6 Å². The molecule has 0 unspecified atom stereocenters. The maximum Gasteiger partial charge on any atom is 0.121 e. The van der Waals surface area contributed by atoms with E-state index < -0.39 is 5.54 Å². The first-order valence-electron chi connectivity index (χ1n) is 4.30. The van der Waals surface area contributed by atoms with E-state index in [-0.39, 0.29) is 5.75 Å². The van der Waals surface area contributed by atoms with Gasteiger partial charge in [-0.25, -0.2) is 0 Å². The van der Waals surface area contributed by atoms with Crippen molar-refractivity contribution in [2.45, 2.75) is 19.4 Å². The van der Waals surface area contributed by atoms with Crippen molar-refractivity contribution in [2.75, 3.05) is 0 Å². The van der Waals surface area contributed by atoms with E-state index in [2.05, 4.69) is 6.58 Å². The monoisotopic (exact) mass is 211 g/mol. The minimum absolute atomic E-state index is 0.150. The van der Waals surface area contributed by atoms with Crippen molar-refractivity contribution in [3.8, 4) is 5.75 Å². The van der Waals surface area contributed by atoms with Crippen molar-refractivity contribution < 1.29 is 5.11 Å². The number of aromatic hydroxyl groups is 1. The highest BCUT2D eigenvalue weighted by Gasteiger charge is 2.21. The molecule has 1 rings (SSSR count). The lowest BCUT2D eigenvalue weighted by Crippen LogP contribution is -2.30. The molecule has 0 bridgehead atoms. The number of nitrogens with two attached hydrogens (primary N) is 1. The largest absolute Gasteiger partial charge is 0.508 e. The van der Waals surface area contributed by atoms with Gasteiger partial charge in [-0.2, -0.15) is 0 Å². The molecule has 0 spiro atoms. The molecule has 0 saturated carbocycles. The third-order valence-corrected chi connectivity index (χ3v) is 2.69. The predicted molar refractivity (Wildman–Crippen MR) is 59.6 cm³/mol. The number of halogens is 1. The van der Waals surface area contributed by atoms with Crippen LogP contribution < -0.4 is 5.73 Å². The van der Waals surface area contributed by atoms with Crippen LogP contribution in [-0.4, -0.2) is 5.11 Å². The van der Waals surface area contributed by atoms with Crippen LogP contribution in [0.2, 0.25) is 5.02 Å². The fourth-order valence-corrected chi connectivity index (χ4v) is 1.37. The molecule has 0 aliphatic carbocycles. The van der Waals surface area contributed by atoms with Gasteiger partial charge < -0.3 is 10.8 Å². The molecule has 0 radical (unpaired) electrons. The molecule has 1 atom stereocenters. The summed E-state index contributed by atoms with van der Waals surface area (Å²) >= 11 is 5.95. The molecule has 0 heterocycles. The van der Waals surface area contributed by atoms with Crippen molar-refractivity contribution in [3.63, 3.8) is 0 Å². The third kappa shape index (κ3) is 1.91. The van der Waals surface area contributed by atoms with Crippen LogP contribution in [0.4, 0.5) is 0 Å². The van der Waals surface area contributed by atoms with Gasteiger partial charge in [0.05, 0.1) is 5.54 Å². The Bertz CT molecular complexity index is 372. The van der Waals surface area contributed by atoms with E-state index in [1.807, 2.05) is 6.92 Å². The van der Waals surface area contributed by atoms with Gasteiger partial charge in [-0.15, -0.1) is 6.58 Å². The van der Waals surface area contributed by atoms with Crippen molar-refractivity contribution in [1.29, 1.82) is 0 Å². The van der Waals surface area contributed by atoms with E-state index >= 15 is 0 Å². The molecule has 3 heteroatoms. The van der Waals surface area contributed by atoms with Gasteiger partial charge in [0.15, 0.2) is 0 Å². The maximum atomic E-state index is 9.70. The molecule has 2 nitrogen and oxygen atoms in total. The first-order valence-corrected chi connectivity index (χ1v) is 4.68. The molecule has 0 aliphatic heterocycles. The standard InChI is InChI=1S/C11H14ClNO/c1-4-11(3,13)8-6-9(12)7(2)5-10(8)14/h4-6,14H,1,13H2,2-3H3/t11-/m0/s1. The second-order valence-corrected chi connectivity index (χ2v) is 4.01. The molecule has 0 amide bonds. The Kier molecular flexibility index (Phi) is 2.88. The van der Waals surface area contributed by atoms with Crippen LogP contribution in [0.3, 0.4) is 0 Å². The molecule has 1 aromatic carbocycles. The van der Waals surface area contributed by atoms with Gasteiger partial charge >= 0.3 is 0 Å². The number of phenols is 1. The summed E-state index contributed by atoms with van der Waals surface area (Å²) in [6.07, 6.45) is 1.58. The zero-order valence-electron chi connectivity index (χ0n) is 8.34. The zero-order valence-corrected chi connectivity index (χ0v) is 9.10. The van der Waals surface area contributed by atoms with E-state index in [0.717, 1.165) is 5.56 Å². The summed E-state index contributed by atoms with van der Waals surface area (Å²) in [6.45, 7) is 7.21. The highest BCUT2D eigenvalue weighted by atomic mass is 35.5. The molecule has 0 aliphatic rings. The summed E-state index contributed by atoms with van der Waals surface area (Å²) < 4.78 is 0. The second-order valence-electron chi connectivity index (χ2n) is 3.61. The lowest BCUT2D eigenvalue weighted by molar-refractivity contribution is 0.451. The molecule has 0 saturated heterocycles. The number of aryl methyl sites for hydroxylation is 1. The summed E-state index contributed by atoms with van der Waals surface area (Å²) in [4.78, 5) is 0. The normalized spacial score (nSPS) is 14.9. The van der Waals surface area contributed by atoms with Crippen LogP contribution in [-0.2, 0) is 5.54 Å². The number of phenolic OH excluding ortho intramolecular Hbond substituents is 1. The van der Waals surface area contributed by atoms with Crippen molar-refractivity contribution in [2.24, 2.45) is 5.73 Å². The number of hydrogen-bond donors (Lipinski definition) is 2. The van der Waals surface area contributed by atoms with Gasteiger partial charge in [-0.05, 0) is 31.5 Å². The Balaban J connectivity index is 3.36. The maximum absolute atomic E-state index is 9.70. The average Bonchev–Trinajstić information content (AvgIpc) is 2.11. The van der Waals surface area contributed by atoms with Gasteiger partial charge in [0.1, 0.15) is 5.75 Å². The minimum Gasteiger partial charge on any atom is -0.508 e. The number of hydrogen-bond acceptors (Lipinski definition) is 2. The molecular formula is C11H14ClNO. The van der Waals surface area contributed by atoms with Crippen molar-refractivity contribution >= 4 is 11.6 Å². The molecule has 3 N–H and O–H groups in total. The first-order chi connectivity index (χ1) is 6.38. The summed E-state index contributed by atoms with van der Waals surface area (Å²) in [6, 6.07) is 3.28. The first kappa shape index (κ1) is 11.1. The van der Waals surface area contributed by atoms with Crippen LogP contribution in [0.25, 0.3) is 0 Å². The van der Waals surface area contributed by atoms with Crippen LogP contribution in [0, 0.1) is 6.92 Å². The smallest absolute Gasteiger partial charge is 0.121 e. The quantitative estimate of drug-likeness (QED) is 0.739. The van der Waals surface area contributed by atoms with Crippen LogP contribution >= 0.6 is 11.6 Å². The summed E-state index contributed by atoms with van der Waals surface area (Å²) in [7, 11) is 0. The van der Waals surface area contributed by atoms with Crippen LogP contribution in [0.15, 0.2) is 24.8 Å². The Morgan fingerprint density at radius 2 is 2.14 bits per heavy atom. The molecule has 0 aromatic heterocycles. The van der Waals surface area contributed by atoms with E-state index in [1.165, 1.54) is 0 Å². The second kappa shape index (κ2) is 3.64. The topological polar surface area (TPSA) is 46.2 Å². The van der Waals surface area contributed by atoms with Gasteiger partial charge in [-0.3, -0.25) is 0 Å². The van der Waals surface area contributed by atoms with Crippen LogP contribution in [0.1, 0.15) is 18.1 Å². The highest BCUT2D eigenvalue weighted by molar-refractivity contribution is 6.31. The van der Waals surface area contributed by atoms with E-state index in [9.17, 15) is 5.11 Å². The summed E-state index contributed by atoms with van der Waals surface area (Å²) in [5.74, 6) is 0.150. The predicted octanol–water partition coefficient (Wildman–Crippen LogP) is 2.71. The fourth-order valence-electron chi connectivity index (χ4n) is 1.21. The lowest BCUT2D eigenvalue weighted by atomic mass is 9.92. The Morgan fingerprint density at radius 3 is 2.64 bits per heavy atom. The molecule has 0 fully saturated rings. The fraction of sp³-hybridized carbons (Fsp3) is 0.273. The zero-order chi connectivity index (χ0) is 10.9.